The Hall–Kier alpha value is -2.45. The van der Waals surface area contributed by atoms with E-state index in [0.29, 0.717) is 51.8 Å². The van der Waals surface area contributed by atoms with Crippen LogP contribution in [-0.4, -0.2) is 72.0 Å². The van der Waals surface area contributed by atoms with Gasteiger partial charge in [0, 0.05) is 39.1 Å². The third-order valence-electron chi connectivity index (χ3n) is 5.47. The van der Waals surface area contributed by atoms with Crippen molar-refractivity contribution in [3.63, 3.8) is 0 Å². The number of morpholine rings is 2. The fraction of sp³-hybridized carbons (Fsp3) is 0.571. The van der Waals surface area contributed by atoms with Crippen molar-refractivity contribution in [2.45, 2.75) is 39.0 Å². The topological polar surface area (TPSA) is 76.9 Å². The summed E-state index contributed by atoms with van der Waals surface area (Å²) in [5.74, 6) is 0.487. The standard InChI is InChI=1S/C21H28N4O4/c1-15-13-24(14-16(2)29-15)19(26)7-8-25-18-6-4-3-5-17(18)22-20(21(25)27)23-9-11-28-12-10-23/h3-6,15-16H,7-14H2,1-2H3. The highest BCUT2D eigenvalue weighted by Crippen LogP contribution is 2.17. The summed E-state index contributed by atoms with van der Waals surface area (Å²) in [5, 5.41) is 0. The van der Waals surface area contributed by atoms with Crippen molar-refractivity contribution in [3.05, 3.63) is 34.6 Å². The van der Waals surface area contributed by atoms with Crippen LogP contribution in [0.3, 0.4) is 0 Å². The number of benzene rings is 1. The van der Waals surface area contributed by atoms with E-state index in [4.69, 9.17) is 9.47 Å². The molecule has 2 unspecified atom stereocenters. The molecule has 0 bridgehead atoms. The number of rotatable bonds is 4. The van der Waals surface area contributed by atoms with E-state index >= 15 is 0 Å². The molecule has 2 aromatic rings. The Kier molecular flexibility index (Phi) is 5.82. The van der Waals surface area contributed by atoms with Crippen molar-refractivity contribution in [3.8, 4) is 0 Å². The number of aromatic nitrogens is 2. The van der Waals surface area contributed by atoms with E-state index in [9.17, 15) is 9.59 Å². The van der Waals surface area contributed by atoms with E-state index in [0.717, 1.165) is 11.0 Å². The van der Waals surface area contributed by atoms with E-state index in [-0.39, 0.29) is 30.1 Å². The van der Waals surface area contributed by atoms with Crippen LogP contribution >= 0.6 is 0 Å². The van der Waals surface area contributed by atoms with Crippen LogP contribution in [0.5, 0.6) is 0 Å². The Labute approximate surface area is 170 Å². The molecule has 1 aromatic heterocycles. The third kappa shape index (κ3) is 4.28. The largest absolute Gasteiger partial charge is 0.378 e. The molecular weight excluding hydrogens is 372 g/mol. The smallest absolute Gasteiger partial charge is 0.294 e. The van der Waals surface area contributed by atoms with Gasteiger partial charge in [-0.1, -0.05) is 12.1 Å². The van der Waals surface area contributed by atoms with Gasteiger partial charge in [0.25, 0.3) is 5.56 Å². The maximum Gasteiger partial charge on any atom is 0.294 e. The Morgan fingerprint density at radius 1 is 1.14 bits per heavy atom. The fourth-order valence-electron chi connectivity index (χ4n) is 4.13. The zero-order valence-electron chi connectivity index (χ0n) is 17.0. The lowest BCUT2D eigenvalue weighted by molar-refractivity contribution is -0.143. The zero-order valence-corrected chi connectivity index (χ0v) is 17.0. The van der Waals surface area contributed by atoms with Gasteiger partial charge in [0.1, 0.15) is 0 Å². The molecule has 2 atom stereocenters. The van der Waals surface area contributed by atoms with Crippen molar-refractivity contribution >= 4 is 22.8 Å². The number of carbonyl (C=O) groups is 1. The number of ether oxygens (including phenoxy) is 2. The SMILES string of the molecule is CC1CN(C(=O)CCn2c(=O)c(N3CCOCC3)nc3ccccc32)CC(C)O1. The molecule has 2 saturated heterocycles. The highest BCUT2D eigenvalue weighted by Gasteiger charge is 2.26. The molecule has 2 aliphatic heterocycles. The zero-order chi connectivity index (χ0) is 20.4. The van der Waals surface area contributed by atoms with Crippen molar-refractivity contribution in [2.75, 3.05) is 44.3 Å². The first-order valence-electron chi connectivity index (χ1n) is 10.3. The van der Waals surface area contributed by atoms with Gasteiger partial charge in [-0.2, -0.15) is 0 Å². The van der Waals surface area contributed by atoms with Crippen LogP contribution in [0.4, 0.5) is 5.82 Å². The second-order valence-electron chi connectivity index (χ2n) is 7.79. The molecule has 8 nitrogen and oxygen atoms in total. The molecule has 1 amide bonds. The minimum Gasteiger partial charge on any atom is -0.378 e. The van der Waals surface area contributed by atoms with Gasteiger partial charge in [-0.05, 0) is 26.0 Å². The van der Waals surface area contributed by atoms with Crippen LogP contribution in [0.15, 0.2) is 29.1 Å². The number of amides is 1. The summed E-state index contributed by atoms with van der Waals surface area (Å²) < 4.78 is 12.8. The number of hydrogen-bond donors (Lipinski definition) is 0. The van der Waals surface area contributed by atoms with Crippen LogP contribution in [0.25, 0.3) is 11.0 Å². The highest BCUT2D eigenvalue weighted by molar-refractivity contribution is 5.78. The number of fused-ring (bicyclic) bond motifs is 1. The van der Waals surface area contributed by atoms with E-state index in [1.807, 2.05) is 47.9 Å². The number of aryl methyl sites for hydroxylation is 1. The monoisotopic (exact) mass is 400 g/mol. The number of para-hydroxylation sites is 2. The molecule has 156 valence electrons. The highest BCUT2D eigenvalue weighted by atomic mass is 16.5. The molecule has 0 radical (unpaired) electrons. The molecule has 2 aliphatic rings. The third-order valence-corrected chi connectivity index (χ3v) is 5.47. The van der Waals surface area contributed by atoms with Gasteiger partial charge in [0.05, 0.1) is 36.5 Å². The second-order valence-corrected chi connectivity index (χ2v) is 7.79. The summed E-state index contributed by atoms with van der Waals surface area (Å²) in [6.07, 6.45) is 0.329. The lowest BCUT2D eigenvalue weighted by atomic mass is 10.2. The Morgan fingerprint density at radius 3 is 2.55 bits per heavy atom. The lowest BCUT2D eigenvalue weighted by Gasteiger charge is -2.35. The number of hydrogen-bond acceptors (Lipinski definition) is 6. The fourth-order valence-corrected chi connectivity index (χ4v) is 4.13. The molecule has 3 heterocycles. The van der Waals surface area contributed by atoms with Crippen molar-refractivity contribution in [1.82, 2.24) is 14.5 Å². The van der Waals surface area contributed by atoms with Gasteiger partial charge in [-0.25, -0.2) is 4.98 Å². The minimum atomic E-state index is -0.151. The summed E-state index contributed by atoms with van der Waals surface area (Å²) in [6, 6.07) is 7.59. The summed E-state index contributed by atoms with van der Waals surface area (Å²) in [4.78, 5) is 34.5. The van der Waals surface area contributed by atoms with E-state index in [2.05, 4.69) is 4.98 Å². The van der Waals surface area contributed by atoms with Crippen LogP contribution in [-0.2, 0) is 20.8 Å². The normalized spacial score (nSPS) is 22.8. The molecule has 1 aromatic carbocycles. The summed E-state index contributed by atoms with van der Waals surface area (Å²) >= 11 is 0. The molecule has 8 heteroatoms. The summed E-state index contributed by atoms with van der Waals surface area (Å²) in [5.41, 5.74) is 1.36. The average molecular weight is 400 g/mol. The Morgan fingerprint density at radius 2 is 1.83 bits per heavy atom. The number of nitrogens with zero attached hydrogens (tertiary/aromatic N) is 4. The molecule has 4 rings (SSSR count). The van der Waals surface area contributed by atoms with Gasteiger partial charge >= 0.3 is 0 Å². The van der Waals surface area contributed by atoms with E-state index in [1.165, 1.54) is 0 Å². The number of carbonyl (C=O) groups excluding carboxylic acids is 1. The molecule has 0 saturated carbocycles. The average Bonchev–Trinajstić information content (AvgIpc) is 2.72. The van der Waals surface area contributed by atoms with Crippen LogP contribution in [0.1, 0.15) is 20.3 Å². The first kappa shape index (κ1) is 19.8. The maximum atomic E-state index is 13.2. The van der Waals surface area contributed by atoms with Crippen molar-refractivity contribution in [1.29, 1.82) is 0 Å². The predicted molar refractivity (Wildman–Crippen MR) is 110 cm³/mol. The Bertz CT molecular complexity index is 928. The van der Waals surface area contributed by atoms with Crippen molar-refractivity contribution in [2.24, 2.45) is 0 Å². The first-order valence-corrected chi connectivity index (χ1v) is 10.3. The van der Waals surface area contributed by atoms with Crippen LogP contribution < -0.4 is 10.5 Å². The molecule has 2 fully saturated rings. The quantitative estimate of drug-likeness (QED) is 0.769. The molecule has 0 spiro atoms. The first-order chi connectivity index (χ1) is 14.0. The summed E-state index contributed by atoms with van der Waals surface area (Å²) in [7, 11) is 0. The van der Waals surface area contributed by atoms with E-state index < -0.39 is 0 Å². The van der Waals surface area contributed by atoms with E-state index in [1.54, 1.807) is 4.57 Å². The van der Waals surface area contributed by atoms with Gasteiger partial charge < -0.3 is 23.8 Å². The van der Waals surface area contributed by atoms with Crippen LogP contribution in [0.2, 0.25) is 0 Å². The maximum absolute atomic E-state index is 13.2. The number of anilines is 1. The predicted octanol–water partition coefficient (Wildman–Crippen LogP) is 1.26. The molecule has 0 aliphatic carbocycles. The van der Waals surface area contributed by atoms with Gasteiger partial charge in [-0.3, -0.25) is 9.59 Å². The summed E-state index contributed by atoms with van der Waals surface area (Å²) in [6.45, 7) is 7.92. The van der Waals surface area contributed by atoms with Gasteiger partial charge in [0.15, 0.2) is 5.82 Å². The second kappa shape index (κ2) is 8.51. The minimum absolute atomic E-state index is 0.0279. The molecular formula is C21H28N4O4. The van der Waals surface area contributed by atoms with Crippen LogP contribution in [0, 0.1) is 0 Å². The molecule has 0 N–H and O–H groups in total. The van der Waals surface area contributed by atoms with Crippen molar-refractivity contribution < 1.29 is 14.3 Å². The van der Waals surface area contributed by atoms with Gasteiger partial charge in [0.2, 0.25) is 5.91 Å². The molecule has 29 heavy (non-hydrogen) atoms. The van der Waals surface area contributed by atoms with Gasteiger partial charge in [-0.15, -0.1) is 0 Å². The Balaban J connectivity index is 1.59. The lowest BCUT2D eigenvalue weighted by Crippen LogP contribution is -2.48.